The fraction of sp³-hybridized carbons (Fsp3) is 0.438. The summed E-state index contributed by atoms with van der Waals surface area (Å²) in [7, 11) is 0. The number of thiazole rings is 1. The van der Waals surface area contributed by atoms with Crippen LogP contribution in [-0.4, -0.2) is 15.9 Å². The molecule has 118 valence electrons. The molecule has 1 N–H and O–H groups in total. The van der Waals surface area contributed by atoms with Gasteiger partial charge in [0.1, 0.15) is 5.76 Å². The topological polar surface area (TPSA) is 68.0 Å². The quantitative estimate of drug-likeness (QED) is 0.829. The molecule has 0 bridgehead atoms. The van der Waals surface area contributed by atoms with E-state index in [4.69, 9.17) is 4.42 Å². The first-order valence-electron chi connectivity index (χ1n) is 7.48. The van der Waals surface area contributed by atoms with E-state index >= 15 is 0 Å². The van der Waals surface area contributed by atoms with Gasteiger partial charge in [-0.15, -0.1) is 0 Å². The summed E-state index contributed by atoms with van der Waals surface area (Å²) in [5.74, 6) is 1.41. The molecule has 0 fully saturated rings. The molecule has 0 atom stereocenters. The van der Waals surface area contributed by atoms with Crippen LogP contribution in [0.4, 0.5) is 5.13 Å². The Hall–Kier alpha value is -1.95. The van der Waals surface area contributed by atoms with Crippen LogP contribution in [0.3, 0.4) is 0 Å². The third-order valence-electron chi connectivity index (χ3n) is 3.02. The first-order valence-corrected chi connectivity index (χ1v) is 8.29. The Bertz CT molecular complexity index is 643. The van der Waals surface area contributed by atoms with Crippen molar-refractivity contribution in [1.82, 2.24) is 9.97 Å². The smallest absolute Gasteiger partial charge is 0.228 e. The summed E-state index contributed by atoms with van der Waals surface area (Å²) in [4.78, 5) is 20.9. The third kappa shape index (κ3) is 4.80. The second-order valence-electron chi connectivity index (χ2n) is 5.31. The Kier molecular flexibility index (Phi) is 5.89. The van der Waals surface area contributed by atoms with Gasteiger partial charge in [0, 0.05) is 29.5 Å². The summed E-state index contributed by atoms with van der Waals surface area (Å²) in [5, 5.41) is 3.39. The van der Waals surface area contributed by atoms with Gasteiger partial charge in [0.25, 0.3) is 0 Å². The number of nitrogens with zero attached hydrogens (tertiary/aromatic N) is 2. The van der Waals surface area contributed by atoms with Gasteiger partial charge in [-0.05, 0) is 12.5 Å². The standard InChI is InChI=1S/C16H21N3O2S/c1-4-5-6-12-9-17-14(21-12)8-7-13-10-18-16(22-13)19-15(20)11(2)3/h7-11H,4-6H2,1-3H3,(H,18,19,20)/b8-7-. The van der Waals surface area contributed by atoms with Crippen LogP contribution >= 0.6 is 11.3 Å². The molecule has 0 aromatic carbocycles. The lowest BCUT2D eigenvalue weighted by atomic mass is 10.2. The zero-order valence-electron chi connectivity index (χ0n) is 13.1. The second-order valence-corrected chi connectivity index (χ2v) is 6.38. The highest BCUT2D eigenvalue weighted by Gasteiger charge is 2.09. The van der Waals surface area contributed by atoms with E-state index in [0.717, 1.165) is 29.9 Å². The molecule has 5 nitrogen and oxygen atoms in total. The number of nitrogens with one attached hydrogen (secondary N) is 1. The maximum Gasteiger partial charge on any atom is 0.228 e. The molecule has 0 saturated heterocycles. The number of anilines is 1. The van der Waals surface area contributed by atoms with Gasteiger partial charge in [-0.2, -0.15) is 0 Å². The lowest BCUT2D eigenvalue weighted by Gasteiger charge is -2.02. The van der Waals surface area contributed by atoms with Crippen molar-refractivity contribution in [2.75, 3.05) is 5.32 Å². The zero-order valence-corrected chi connectivity index (χ0v) is 13.9. The second kappa shape index (κ2) is 7.89. The zero-order chi connectivity index (χ0) is 15.9. The number of carbonyl (C=O) groups is 1. The van der Waals surface area contributed by atoms with Crippen molar-refractivity contribution in [2.24, 2.45) is 5.92 Å². The molecular weight excluding hydrogens is 298 g/mol. The van der Waals surface area contributed by atoms with E-state index in [9.17, 15) is 4.79 Å². The van der Waals surface area contributed by atoms with Crippen LogP contribution in [0.2, 0.25) is 0 Å². The van der Waals surface area contributed by atoms with Crippen molar-refractivity contribution in [3.05, 3.63) is 28.9 Å². The highest BCUT2D eigenvalue weighted by molar-refractivity contribution is 7.16. The Balaban J connectivity index is 1.94. The number of aryl methyl sites for hydroxylation is 1. The van der Waals surface area contributed by atoms with E-state index in [-0.39, 0.29) is 11.8 Å². The van der Waals surface area contributed by atoms with Crippen LogP contribution in [0.15, 0.2) is 16.8 Å². The number of carbonyl (C=O) groups excluding carboxylic acids is 1. The summed E-state index contributed by atoms with van der Waals surface area (Å²) in [6.45, 7) is 5.85. The van der Waals surface area contributed by atoms with E-state index in [1.165, 1.54) is 11.3 Å². The number of aromatic nitrogens is 2. The van der Waals surface area contributed by atoms with Gasteiger partial charge in [-0.3, -0.25) is 4.79 Å². The molecular formula is C16H21N3O2S. The molecule has 0 aliphatic rings. The minimum absolute atomic E-state index is 0.0295. The fourth-order valence-electron chi connectivity index (χ4n) is 1.69. The summed E-state index contributed by atoms with van der Waals surface area (Å²) in [6, 6.07) is 0. The molecule has 0 aliphatic carbocycles. The summed E-state index contributed by atoms with van der Waals surface area (Å²) < 4.78 is 5.63. The number of hydrogen-bond donors (Lipinski definition) is 1. The molecule has 0 spiro atoms. The van der Waals surface area contributed by atoms with Gasteiger partial charge >= 0.3 is 0 Å². The highest BCUT2D eigenvalue weighted by atomic mass is 32.1. The summed E-state index contributed by atoms with van der Waals surface area (Å²) in [5.41, 5.74) is 0. The van der Waals surface area contributed by atoms with Gasteiger partial charge in [-0.1, -0.05) is 38.5 Å². The highest BCUT2D eigenvalue weighted by Crippen LogP contribution is 2.21. The molecule has 2 rings (SSSR count). The number of amides is 1. The lowest BCUT2D eigenvalue weighted by molar-refractivity contribution is -0.118. The Morgan fingerprint density at radius 1 is 1.36 bits per heavy atom. The van der Waals surface area contributed by atoms with Crippen LogP contribution in [0, 0.1) is 5.92 Å². The molecule has 22 heavy (non-hydrogen) atoms. The molecule has 2 heterocycles. The van der Waals surface area contributed by atoms with Crippen molar-refractivity contribution < 1.29 is 9.21 Å². The monoisotopic (exact) mass is 319 g/mol. The number of rotatable bonds is 7. The van der Waals surface area contributed by atoms with Crippen LogP contribution < -0.4 is 5.32 Å². The SMILES string of the molecule is CCCCc1cnc(/C=C\c2cnc(NC(=O)C(C)C)s2)o1. The van der Waals surface area contributed by atoms with Gasteiger partial charge in [0.05, 0.1) is 6.20 Å². The summed E-state index contributed by atoms with van der Waals surface area (Å²) >= 11 is 1.42. The van der Waals surface area contributed by atoms with Gasteiger partial charge < -0.3 is 9.73 Å². The van der Waals surface area contributed by atoms with E-state index in [2.05, 4.69) is 22.2 Å². The average Bonchev–Trinajstić information content (AvgIpc) is 3.12. The van der Waals surface area contributed by atoms with Crippen LogP contribution in [-0.2, 0) is 11.2 Å². The molecule has 6 heteroatoms. The predicted octanol–water partition coefficient (Wildman–Crippen LogP) is 4.24. The van der Waals surface area contributed by atoms with Crippen molar-refractivity contribution >= 4 is 34.5 Å². The minimum atomic E-state index is -0.0586. The van der Waals surface area contributed by atoms with E-state index in [0.29, 0.717) is 11.0 Å². The van der Waals surface area contributed by atoms with Crippen LogP contribution in [0.1, 0.15) is 50.1 Å². The fourth-order valence-corrected chi connectivity index (χ4v) is 2.41. The van der Waals surface area contributed by atoms with Gasteiger partial charge in [-0.25, -0.2) is 9.97 Å². The number of hydrogen-bond acceptors (Lipinski definition) is 5. The van der Waals surface area contributed by atoms with E-state index < -0.39 is 0 Å². The minimum Gasteiger partial charge on any atom is -0.442 e. The maximum atomic E-state index is 11.6. The Morgan fingerprint density at radius 2 is 2.18 bits per heavy atom. The molecule has 1 amide bonds. The molecule has 0 radical (unpaired) electrons. The number of unbranched alkanes of at least 4 members (excludes halogenated alkanes) is 1. The normalized spacial score (nSPS) is 11.5. The van der Waals surface area contributed by atoms with Crippen LogP contribution in [0.25, 0.3) is 12.2 Å². The molecule has 0 aliphatic heterocycles. The largest absolute Gasteiger partial charge is 0.442 e. The molecule has 0 saturated carbocycles. The molecule has 2 aromatic rings. The number of oxazole rings is 1. The molecule has 2 aromatic heterocycles. The third-order valence-corrected chi connectivity index (χ3v) is 3.89. The first-order chi connectivity index (χ1) is 10.6. The predicted molar refractivity (Wildman–Crippen MR) is 89.6 cm³/mol. The lowest BCUT2D eigenvalue weighted by Crippen LogP contribution is -2.17. The van der Waals surface area contributed by atoms with Crippen molar-refractivity contribution in [2.45, 2.75) is 40.0 Å². The average molecular weight is 319 g/mol. The van der Waals surface area contributed by atoms with Crippen LogP contribution in [0.5, 0.6) is 0 Å². The molecule has 0 unspecified atom stereocenters. The van der Waals surface area contributed by atoms with Crippen molar-refractivity contribution in [1.29, 1.82) is 0 Å². The Morgan fingerprint density at radius 3 is 2.91 bits per heavy atom. The first kappa shape index (κ1) is 16.4. The summed E-state index contributed by atoms with van der Waals surface area (Å²) in [6.07, 6.45) is 10.4. The maximum absolute atomic E-state index is 11.6. The van der Waals surface area contributed by atoms with Gasteiger partial charge in [0.2, 0.25) is 11.8 Å². The van der Waals surface area contributed by atoms with Gasteiger partial charge in [0.15, 0.2) is 5.13 Å². The van der Waals surface area contributed by atoms with Crippen molar-refractivity contribution in [3.63, 3.8) is 0 Å². The van der Waals surface area contributed by atoms with E-state index in [1.807, 2.05) is 26.0 Å². The van der Waals surface area contributed by atoms with E-state index in [1.54, 1.807) is 12.4 Å². The Labute approximate surface area is 134 Å². The van der Waals surface area contributed by atoms with Crippen molar-refractivity contribution in [3.8, 4) is 0 Å².